The number of nitrogens with zero attached hydrogens (tertiary/aromatic N) is 2. The minimum absolute atomic E-state index is 0.0395. The van der Waals surface area contributed by atoms with E-state index in [2.05, 4.69) is 5.32 Å². The number of sulfone groups is 1. The van der Waals surface area contributed by atoms with E-state index in [1.165, 1.54) is 6.07 Å². The molecule has 9 heteroatoms. The molecule has 2 aliphatic heterocycles. The number of benzene rings is 1. The van der Waals surface area contributed by atoms with Crippen molar-refractivity contribution >= 4 is 27.1 Å². The lowest BCUT2D eigenvalue weighted by Gasteiger charge is -2.28. The SMILES string of the molecule is C[C@@]1(NC(=O)c2ccc(N3CCCCC3)c([N+](=O)[O-])c2)CCS(=O)(=O)C1. The van der Waals surface area contributed by atoms with E-state index in [1.807, 2.05) is 4.90 Å². The van der Waals surface area contributed by atoms with Crippen molar-refractivity contribution in [2.75, 3.05) is 29.5 Å². The maximum atomic E-state index is 12.5. The summed E-state index contributed by atoms with van der Waals surface area (Å²) in [5.74, 6) is -0.560. The van der Waals surface area contributed by atoms with Crippen molar-refractivity contribution in [2.45, 2.75) is 38.1 Å². The van der Waals surface area contributed by atoms with Crippen LogP contribution >= 0.6 is 0 Å². The number of hydrogen-bond acceptors (Lipinski definition) is 6. The van der Waals surface area contributed by atoms with Gasteiger partial charge in [-0.2, -0.15) is 0 Å². The Morgan fingerprint density at radius 1 is 1.27 bits per heavy atom. The zero-order valence-electron chi connectivity index (χ0n) is 14.7. The molecule has 1 atom stereocenters. The molecule has 3 rings (SSSR count). The van der Waals surface area contributed by atoms with Crippen molar-refractivity contribution < 1.29 is 18.1 Å². The Balaban J connectivity index is 1.83. The predicted octanol–water partition coefficient (Wildman–Crippen LogP) is 1.89. The fraction of sp³-hybridized carbons (Fsp3) is 0.588. The predicted molar refractivity (Wildman–Crippen MR) is 98.3 cm³/mol. The monoisotopic (exact) mass is 381 g/mol. The first-order valence-corrected chi connectivity index (χ1v) is 10.6. The standard InChI is InChI=1S/C17H23N3O5S/c1-17(7-10-26(24,25)12-17)18-16(21)13-5-6-14(15(11-13)20(22)23)19-8-3-2-4-9-19/h5-6,11H,2-4,7-10,12H2,1H3,(H,18,21)/t17-/m1/s1. The Kier molecular flexibility index (Phi) is 4.92. The van der Waals surface area contributed by atoms with Crippen molar-refractivity contribution in [3.63, 3.8) is 0 Å². The van der Waals surface area contributed by atoms with Gasteiger partial charge in [-0.25, -0.2) is 8.42 Å². The minimum atomic E-state index is -3.15. The maximum Gasteiger partial charge on any atom is 0.293 e. The van der Waals surface area contributed by atoms with Crippen LogP contribution in [0.25, 0.3) is 0 Å². The molecule has 2 aliphatic rings. The molecule has 26 heavy (non-hydrogen) atoms. The molecule has 1 amide bonds. The zero-order valence-corrected chi connectivity index (χ0v) is 15.5. The molecular formula is C17H23N3O5S. The lowest BCUT2D eigenvalue weighted by atomic mass is 10.0. The second kappa shape index (κ2) is 6.86. The molecule has 1 N–H and O–H groups in total. The Bertz CT molecular complexity index is 833. The third-order valence-corrected chi connectivity index (χ3v) is 6.95. The third-order valence-electron chi connectivity index (χ3n) is 5.05. The van der Waals surface area contributed by atoms with Crippen molar-refractivity contribution in [3.05, 3.63) is 33.9 Å². The lowest BCUT2D eigenvalue weighted by molar-refractivity contribution is -0.384. The average Bonchev–Trinajstić information content (AvgIpc) is 2.87. The number of nitrogens with one attached hydrogen (secondary N) is 1. The van der Waals surface area contributed by atoms with Crippen LogP contribution in [0, 0.1) is 10.1 Å². The van der Waals surface area contributed by atoms with E-state index in [0.29, 0.717) is 12.1 Å². The van der Waals surface area contributed by atoms with Crippen molar-refractivity contribution in [2.24, 2.45) is 0 Å². The van der Waals surface area contributed by atoms with Crippen molar-refractivity contribution in [1.82, 2.24) is 5.32 Å². The maximum absolute atomic E-state index is 12.5. The Morgan fingerprint density at radius 2 is 1.96 bits per heavy atom. The quantitative estimate of drug-likeness (QED) is 0.630. The Morgan fingerprint density at radius 3 is 2.54 bits per heavy atom. The van der Waals surface area contributed by atoms with Crippen LogP contribution in [-0.2, 0) is 9.84 Å². The highest BCUT2D eigenvalue weighted by atomic mass is 32.2. The number of anilines is 1. The van der Waals surface area contributed by atoms with Crippen molar-refractivity contribution in [3.8, 4) is 0 Å². The minimum Gasteiger partial charge on any atom is -0.366 e. The summed E-state index contributed by atoms with van der Waals surface area (Å²) in [7, 11) is -3.15. The fourth-order valence-electron chi connectivity index (χ4n) is 3.67. The summed E-state index contributed by atoms with van der Waals surface area (Å²) >= 11 is 0. The molecule has 0 unspecified atom stereocenters. The first-order valence-electron chi connectivity index (χ1n) is 8.75. The van der Waals surface area contributed by atoms with E-state index in [4.69, 9.17) is 0 Å². The smallest absolute Gasteiger partial charge is 0.293 e. The zero-order chi connectivity index (χ0) is 18.9. The van der Waals surface area contributed by atoms with Crippen LogP contribution in [0.3, 0.4) is 0 Å². The van der Waals surface area contributed by atoms with Gasteiger partial charge in [0, 0.05) is 24.7 Å². The molecule has 2 saturated heterocycles. The van der Waals surface area contributed by atoms with Crippen LogP contribution < -0.4 is 10.2 Å². The fourth-order valence-corrected chi connectivity index (χ4v) is 5.76. The van der Waals surface area contributed by atoms with Gasteiger partial charge in [0.1, 0.15) is 5.69 Å². The molecule has 0 bridgehead atoms. The molecule has 2 heterocycles. The molecule has 8 nitrogen and oxygen atoms in total. The van der Waals surface area contributed by atoms with Gasteiger partial charge in [-0.3, -0.25) is 14.9 Å². The van der Waals surface area contributed by atoms with Gasteiger partial charge in [0.2, 0.25) is 0 Å². The summed E-state index contributed by atoms with van der Waals surface area (Å²) < 4.78 is 23.4. The van der Waals surface area contributed by atoms with Crippen LogP contribution in [0.2, 0.25) is 0 Å². The van der Waals surface area contributed by atoms with Gasteiger partial charge in [0.05, 0.1) is 22.0 Å². The van der Waals surface area contributed by atoms with E-state index in [-0.39, 0.29) is 22.8 Å². The van der Waals surface area contributed by atoms with Crippen LogP contribution in [0.1, 0.15) is 43.0 Å². The van der Waals surface area contributed by atoms with Crippen LogP contribution in [0.15, 0.2) is 18.2 Å². The summed E-state index contributed by atoms with van der Waals surface area (Å²) in [6.45, 7) is 3.22. The van der Waals surface area contributed by atoms with Crippen LogP contribution in [0.4, 0.5) is 11.4 Å². The van der Waals surface area contributed by atoms with E-state index in [0.717, 1.165) is 32.4 Å². The van der Waals surface area contributed by atoms with Crippen LogP contribution in [0.5, 0.6) is 0 Å². The number of nitro groups is 1. The van der Waals surface area contributed by atoms with Gasteiger partial charge < -0.3 is 10.2 Å². The molecule has 0 aliphatic carbocycles. The van der Waals surface area contributed by atoms with Crippen LogP contribution in [-0.4, -0.2) is 49.4 Å². The Hall–Kier alpha value is -2.16. The van der Waals surface area contributed by atoms with Gasteiger partial charge in [0.15, 0.2) is 9.84 Å². The summed E-state index contributed by atoms with van der Waals surface area (Å²) in [5, 5.41) is 14.2. The average molecular weight is 381 g/mol. The first-order chi connectivity index (χ1) is 12.2. The molecule has 142 valence electrons. The molecule has 0 saturated carbocycles. The molecule has 0 radical (unpaired) electrons. The first kappa shape index (κ1) is 18.6. The molecular weight excluding hydrogens is 358 g/mol. The highest BCUT2D eigenvalue weighted by molar-refractivity contribution is 7.91. The van der Waals surface area contributed by atoms with Crippen molar-refractivity contribution in [1.29, 1.82) is 0 Å². The van der Waals surface area contributed by atoms with E-state index in [1.54, 1.807) is 19.1 Å². The second-order valence-electron chi connectivity index (χ2n) is 7.37. The molecule has 0 spiro atoms. The summed E-state index contributed by atoms with van der Waals surface area (Å²) in [6.07, 6.45) is 3.44. The second-order valence-corrected chi connectivity index (χ2v) is 9.55. The summed E-state index contributed by atoms with van der Waals surface area (Å²) in [6, 6.07) is 4.47. The number of carbonyl (C=O) groups is 1. The van der Waals surface area contributed by atoms with E-state index >= 15 is 0 Å². The van der Waals surface area contributed by atoms with E-state index < -0.39 is 26.2 Å². The topological polar surface area (TPSA) is 110 Å². The normalized spacial score (nSPS) is 25.0. The van der Waals surface area contributed by atoms with E-state index in [9.17, 15) is 23.3 Å². The number of hydrogen-bond donors (Lipinski definition) is 1. The number of rotatable bonds is 4. The number of carbonyl (C=O) groups excluding carboxylic acids is 1. The number of nitro benzene ring substituents is 1. The van der Waals surface area contributed by atoms with Gasteiger partial charge in [-0.1, -0.05) is 0 Å². The number of piperidine rings is 1. The summed E-state index contributed by atoms with van der Waals surface area (Å²) in [4.78, 5) is 25.5. The van der Waals surface area contributed by atoms with Gasteiger partial charge >= 0.3 is 0 Å². The van der Waals surface area contributed by atoms with Gasteiger partial charge in [0.25, 0.3) is 11.6 Å². The third kappa shape index (κ3) is 3.98. The Labute approximate surface area is 152 Å². The van der Waals surface area contributed by atoms with Gasteiger partial charge in [-0.15, -0.1) is 0 Å². The highest BCUT2D eigenvalue weighted by Crippen LogP contribution is 2.32. The molecule has 1 aromatic carbocycles. The highest BCUT2D eigenvalue weighted by Gasteiger charge is 2.39. The molecule has 1 aromatic rings. The molecule has 0 aromatic heterocycles. The lowest BCUT2D eigenvalue weighted by Crippen LogP contribution is -2.46. The van der Waals surface area contributed by atoms with Gasteiger partial charge in [-0.05, 0) is 44.7 Å². The number of amides is 1. The largest absolute Gasteiger partial charge is 0.366 e. The molecule has 2 fully saturated rings. The summed E-state index contributed by atoms with van der Waals surface area (Å²) in [5.41, 5.74) is -0.233.